The maximum absolute atomic E-state index is 6.28. The van der Waals surface area contributed by atoms with Crippen molar-refractivity contribution in [2.45, 2.75) is 59.2 Å². The van der Waals surface area contributed by atoms with Gasteiger partial charge in [-0.15, -0.1) is 0 Å². The fourth-order valence-corrected chi connectivity index (χ4v) is 2.30. The Balaban J connectivity index is 2.66. The van der Waals surface area contributed by atoms with Gasteiger partial charge in [0.05, 0.1) is 6.10 Å². The summed E-state index contributed by atoms with van der Waals surface area (Å²) in [6, 6.07) is 0.00274. The normalized spacial score (nSPS) is 15.0. The molecule has 18 heavy (non-hydrogen) atoms. The van der Waals surface area contributed by atoms with Crippen molar-refractivity contribution in [3.8, 4) is 0 Å². The Bertz CT molecular complexity index is 336. The Kier molecular flexibility index (Phi) is 6.36. The summed E-state index contributed by atoms with van der Waals surface area (Å²) >= 11 is 0. The van der Waals surface area contributed by atoms with E-state index in [9.17, 15) is 0 Å². The van der Waals surface area contributed by atoms with Gasteiger partial charge in [0.25, 0.3) is 0 Å². The third-order valence-corrected chi connectivity index (χ3v) is 3.12. The van der Waals surface area contributed by atoms with Gasteiger partial charge < -0.3 is 15.0 Å². The van der Waals surface area contributed by atoms with Gasteiger partial charge in [-0.05, 0) is 19.3 Å². The van der Waals surface area contributed by atoms with Crippen LogP contribution in [0, 0.1) is 5.92 Å². The van der Waals surface area contributed by atoms with Crippen LogP contribution in [0.3, 0.4) is 0 Å². The molecule has 2 N–H and O–H groups in total. The van der Waals surface area contributed by atoms with Crippen LogP contribution in [-0.4, -0.2) is 28.3 Å². The molecule has 2 atom stereocenters. The topological polar surface area (TPSA) is 53.1 Å². The highest BCUT2D eigenvalue weighted by Crippen LogP contribution is 2.13. The highest BCUT2D eigenvalue weighted by molar-refractivity contribution is 4.97. The SMILES string of the molecule is CCCn1ccnc1CC(N)C(OCC)C(C)C. The summed E-state index contributed by atoms with van der Waals surface area (Å²) in [5, 5.41) is 0. The second-order valence-electron chi connectivity index (χ2n) is 5.07. The van der Waals surface area contributed by atoms with Crippen molar-refractivity contribution in [3.63, 3.8) is 0 Å². The van der Waals surface area contributed by atoms with Gasteiger partial charge >= 0.3 is 0 Å². The summed E-state index contributed by atoms with van der Waals surface area (Å²) in [6.07, 6.45) is 5.86. The molecule has 0 spiro atoms. The standard InChI is InChI=1S/C14H27N3O/c1-5-8-17-9-7-16-13(17)10-12(15)14(11(3)4)18-6-2/h7,9,11-12,14H,5-6,8,10,15H2,1-4H3. The molecule has 0 amide bonds. The molecule has 4 nitrogen and oxygen atoms in total. The quantitative estimate of drug-likeness (QED) is 0.773. The van der Waals surface area contributed by atoms with Crippen molar-refractivity contribution in [1.82, 2.24) is 9.55 Å². The van der Waals surface area contributed by atoms with Crippen LogP contribution in [0.4, 0.5) is 0 Å². The molecule has 0 radical (unpaired) electrons. The lowest BCUT2D eigenvalue weighted by Crippen LogP contribution is -2.42. The van der Waals surface area contributed by atoms with E-state index < -0.39 is 0 Å². The number of aromatic nitrogens is 2. The molecule has 0 fully saturated rings. The molecule has 0 saturated heterocycles. The number of imidazole rings is 1. The third kappa shape index (κ3) is 4.10. The Labute approximate surface area is 111 Å². The number of nitrogens with zero attached hydrogens (tertiary/aromatic N) is 2. The van der Waals surface area contributed by atoms with Crippen molar-refractivity contribution in [1.29, 1.82) is 0 Å². The van der Waals surface area contributed by atoms with E-state index in [0.717, 1.165) is 25.2 Å². The van der Waals surface area contributed by atoms with Crippen LogP contribution < -0.4 is 5.73 Å². The first-order valence-corrected chi connectivity index (χ1v) is 6.97. The molecule has 1 aromatic rings. The zero-order chi connectivity index (χ0) is 13.5. The van der Waals surface area contributed by atoms with Crippen LogP contribution in [0.1, 0.15) is 39.9 Å². The van der Waals surface area contributed by atoms with Crippen LogP contribution in [0.5, 0.6) is 0 Å². The van der Waals surface area contributed by atoms with E-state index in [-0.39, 0.29) is 12.1 Å². The summed E-state index contributed by atoms with van der Waals surface area (Å²) in [5.41, 5.74) is 6.28. The van der Waals surface area contributed by atoms with Crippen LogP contribution in [0.25, 0.3) is 0 Å². The molecule has 1 rings (SSSR count). The van der Waals surface area contributed by atoms with Crippen molar-refractivity contribution in [2.24, 2.45) is 11.7 Å². The Morgan fingerprint density at radius 1 is 1.39 bits per heavy atom. The van der Waals surface area contributed by atoms with E-state index in [1.54, 1.807) is 0 Å². The highest BCUT2D eigenvalue weighted by atomic mass is 16.5. The molecule has 4 heteroatoms. The van der Waals surface area contributed by atoms with Gasteiger partial charge in [0.2, 0.25) is 0 Å². The molecular formula is C14H27N3O. The first-order chi connectivity index (χ1) is 8.60. The number of nitrogens with two attached hydrogens (primary N) is 1. The van der Waals surface area contributed by atoms with Gasteiger partial charge in [-0.1, -0.05) is 20.8 Å². The maximum atomic E-state index is 6.28. The number of rotatable bonds is 8. The van der Waals surface area contributed by atoms with Crippen LogP contribution in [-0.2, 0) is 17.7 Å². The lowest BCUT2D eigenvalue weighted by Gasteiger charge is -2.27. The Morgan fingerprint density at radius 2 is 2.11 bits per heavy atom. The smallest absolute Gasteiger partial charge is 0.110 e. The van der Waals surface area contributed by atoms with E-state index >= 15 is 0 Å². The van der Waals surface area contributed by atoms with E-state index in [1.807, 2.05) is 19.3 Å². The van der Waals surface area contributed by atoms with E-state index in [0.29, 0.717) is 12.5 Å². The van der Waals surface area contributed by atoms with Crippen LogP contribution in [0.15, 0.2) is 12.4 Å². The highest BCUT2D eigenvalue weighted by Gasteiger charge is 2.23. The molecular weight excluding hydrogens is 226 g/mol. The fraction of sp³-hybridized carbons (Fsp3) is 0.786. The lowest BCUT2D eigenvalue weighted by molar-refractivity contribution is 0.0122. The van der Waals surface area contributed by atoms with Crippen LogP contribution >= 0.6 is 0 Å². The summed E-state index contributed by atoms with van der Waals surface area (Å²) < 4.78 is 7.94. The Hall–Kier alpha value is -0.870. The molecule has 1 aromatic heterocycles. The minimum absolute atomic E-state index is 0.00274. The summed E-state index contributed by atoms with van der Waals surface area (Å²) in [6.45, 7) is 10.2. The largest absolute Gasteiger partial charge is 0.377 e. The molecule has 1 heterocycles. The number of ether oxygens (including phenoxy) is 1. The molecule has 0 saturated carbocycles. The first-order valence-electron chi connectivity index (χ1n) is 6.97. The molecule has 0 bridgehead atoms. The van der Waals surface area contributed by atoms with E-state index in [2.05, 4.69) is 30.3 Å². The van der Waals surface area contributed by atoms with Crippen molar-refractivity contribution >= 4 is 0 Å². The maximum Gasteiger partial charge on any atom is 0.110 e. The predicted molar refractivity (Wildman–Crippen MR) is 74.4 cm³/mol. The van der Waals surface area contributed by atoms with Gasteiger partial charge in [-0.25, -0.2) is 4.98 Å². The van der Waals surface area contributed by atoms with E-state index in [1.165, 1.54) is 0 Å². The average Bonchev–Trinajstić information content (AvgIpc) is 2.73. The van der Waals surface area contributed by atoms with Crippen molar-refractivity contribution in [3.05, 3.63) is 18.2 Å². The van der Waals surface area contributed by atoms with Crippen molar-refractivity contribution in [2.75, 3.05) is 6.61 Å². The summed E-state index contributed by atoms with van der Waals surface area (Å²) in [7, 11) is 0. The molecule has 0 aromatic carbocycles. The van der Waals surface area contributed by atoms with Gasteiger partial charge in [0, 0.05) is 38.0 Å². The minimum atomic E-state index is 0.00274. The summed E-state index contributed by atoms with van der Waals surface area (Å²) in [5.74, 6) is 1.49. The monoisotopic (exact) mass is 253 g/mol. The third-order valence-electron chi connectivity index (χ3n) is 3.12. The zero-order valence-electron chi connectivity index (χ0n) is 12.1. The predicted octanol–water partition coefficient (Wildman–Crippen LogP) is 2.22. The van der Waals surface area contributed by atoms with Gasteiger partial charge in [0.1, 0.15) is 5.82 Å². The zero-order valence-corrected chi connectivity index (χ0v) is 12.1. The molecule has 104 valence electrons. The van der Waals surface area contributed by atoms with Gasteiger partial charge in [-0.2, -0.15) is 0 Å². The van der Waals surface area contributed by atoms with Crippen molar-refractivity contribution < 1.29 is 4.74 Å². The van der Waals surface area contributed by atoms with Crippen LogP contribution in [0.2, 0.25) is 0 Å². The Morgan fingerprint density at radius 3 is 2.67 bits per heavy atom. The number of aryl methyl sites for hydroxylation is 1. The summed E-state index contributed by atoms with van der Waals surface area (Å²) in [4.78, 5) is 4.40. The van der Waals surface area contributed by atoms with Gasteiger partial charge in [-0.3, -0.25) is 0 Å². The first kappa shape index (κ1) is 15.2. The average molecular weight is 253 g/mol. The molecule has 0 aliphatic rings. The fourth-order valence-electron chi connectivity index (χ4n) is 2.30. The number of hydrogen-bond acceptors (Lipinski definition) is 3. The second-order valence-corrected chi connectivity index (χ2v) is 5.07. The molecule has 2 unspecified atom stereocenters. The minimum Gasteiger partial charge on any atom is -0.377 e. The second kappa shape index (κ2) is 7.54. The molecule has 0 aliphatic carbocycles. The van der Waals surface area contributed by atoms with E-state index in [4.69, 9.17) is 10.5 Å². The lowest BCUT2D eigenvalue weighted by atomic mass is 9.97. The number of hydrogen-bond donors (Lipinski definition) is 1. The molecule has 0 aliphatic heterocycles. The van der Waals surface area contributed by atoms with Gasteiger partial charge in [0.15, 0.2) is 0 Å².